The average Bonchev–Trinajstić information content (AvgIpc) is 2.60. The van der Waals surface area contributed by atoms with Crippen LogP contribution < -0.4 is 10.1 Å². The fourth-order valence-corrected chi connectivity index (χ4v) is 2.16. The van der Waals surface area contributed by atoms with Crippen LogP contribution in [0, 0.1) is 0 Å². The number of carbonyl (C=O) groups is 2. The Morgan fingerprint density at radius 1 is 1.29 bits per heavy atom. The Balaban J connectivity index is 2.00. The monoisotopic (exact) mass is 328 g/mol. The Morgan fingerprint density at radius 2 is 2.12 bits per heavy atom. The Hall–Kier alpha value is -2.89. The number of aromatic nitrogens is 1. The van der Waals surface area contributed by atoms with Gasteiger partial charge in [0, 0.05) is 23.5 Å². The minimum absolute atomic E-state index is 0.340. The molecule has 0 radical (unpaired) electrons. The van der Waals surface area contributed by atoms with Gasteiger partial charge >= 0.3 is 5.97 Å². The second-order valence-corrected chi connectivity index (χ2v) is 5.33. The molecule has 0 aliphatic heterocycles. The molecule has 0 bridgehead atoms. The van der Waals surface area contributed by atoms with Crippen molar-refractivity contribution in [2.75, 3.05) is 0 Å². The van der Waals surface area contributed by atoms with E-state index in [9.17, 15) is 9.59 Å². The first kappa shape index (κ1) is 17.5. The van der Waals surface area contributed by atoms with Gasteiger partial charge < -0.3 is 15.2 Å². The number of aliphatic carboxylic acids is 1. The van der Waals surface area contributed by atoms with Gasteiger partial charge in [0.15, 0.2) is 0 Å². The lowest BCUT2D eigenvalue weighted by Crippen LogP contribution is -2.40. The Kier molecular flexibility index (Phi) is 6.31. The smallest absolute Gasteiger partial charge is 0.326 e. The number of pyridine rings is 1. The number of carboxylic acids is 1. The van der Waals surface area contributed by atoms with E-state index >= 15 is 0 Å². The Morgan fingerprint density at radius 3 is 2.79 bits per heavy atom. The molecule has 1 aromatic heterocycles. The van der Waals surface area contributed by atoms with Gasteiger partial charge in [0.2, 0.25) is 0 Å². The Bertz CT molecular complexity index is 688. The van der Waals surface area contributed by atoms with Crippen molar-refractivity contribution in [2.45, 2.75) is 32.4 Å². The lowest BCUT2D eigenvalue weighted by molar-refractivity contribution is -0.139. The van der Waals surface area contributed by atoms with Crippen LogP contribution in [0.25, 0.3) is 0 Å². The number of hydrogen-bond acceptors (Lipinski definition) is 4. The predicted molar refractivity (Wildman–Crippen MR) is 88.8 cm³/mol. The summed E-state index contributed by atoms with van der Waals surface area (Å²) in [6.07, 6.45) is 4.45. The molecule has 0 unspecified atom stereocenters. The first-order valence-electron chi connectivity index (χ1n) is 7.75. The zero-order valence-corrected chi connectivity index (χ0v) is 13.4. The maximum Gasteiger partial charge on any atom is 0.326 e. The molecule has 2 rings (SSSR count). The minimum Gasteiger partial charge on any atom is -0.489 e. The molecule has 0 spiro atoms. The molecule has 0 aliphatic carbocycles. The van der Waals surface area contributed by atoms with Gasteiger partial charge in [0.1, 0.15) is 18.4 Å². The second-order valence-electron chi connectivity index (χ2n) is 5.33. The number of hydrogen-bond donors (Lipinski definition) is 2. The molecule has 1 atom stereocenters. The molecular formula is C18H20N2O4. The molecule has 24 heavy (non-hydrogen) atoms. The summed E-state index contributed by atoms with van der Waals surface area (Å²) in [5.74, 6) is -0.925. The normalized spacial score (nSPS) is 11.5. The zero-order valence-electron chi connectivity index (χ0n) is 13.4. The number of nitrogens with one attached hydrogen (secondary N) is 1. The van der Waals surface area contributed by atoms with Gasteiger partial charge in [-0.15, -0.1) is 0 Å². The van der Waals surface area contributed by atoms with Crippen LogP contribution in [-0.4, -0.2) is 28.0 Å². The number of carboxylic acid groups (broad SMARTS) is 1. The van der Waals surface area contributed by atoms with Gasteiger partial charge in [-0.3, -0.25) is 9.78 Å². The highest BCUT2D eigenvalue weighted by atomic mass is 16.5. The molecule has 0 fully saturated rings. The third-order valence-corrected chi connectivity index (χ3v) is 3.41. The standard InChI is InChI=1S/C18H20N2O4/c1-2-5-16(18(22)23)20-17(21)14-7-3-8-15(10-14)24-12-13-6-4-9-19-11-13/h3-4,6-11,16H,2,5,12H2,1H3,(H,20,21)(H,22,23)/t16-/m0/s1. The van der Waals surface area contributed by atoms with Crippen molar-refractivity contribution in [1.82, 2.24) is 10.3 Å². The van der Waals surface area contributed by atoms with Crippen molar-refractivity contribution in [3.63, 3.8) is 0 Å². The number of amides is 1. The molecule has 126 valence electrons. The van der Waals surface area contributed by atoms with Crippen molar-refractivity contribution >= 4 is 11.9 Å². The highest BCUT2D eigenvalue weighted by Crippen LogP contribution is 2.15. The summed E-state index contributed by atoms with van der Waals surface area (Å²) in [6, 6.07) is 9.49. The summed E-state index contributed by atoms with van der Waals surface area (Å²) in [5, 5.41) is 11.7. The maximum absolute atomic E-state index is 12.2. The average molecular weight is 328 g/mol. The predicted octanol–water partition coefficient (Wildman–Crippen LogP) is 2.64. The first-order valence-corrected chi connectivity index (χ1v) is 7.75. The second kappa shape index (κ2) is 8.67. The van der Waals surface area contributed by atoms with Crippen molar-refractivity contribution in [1.29, 1.82) is 0 Å². The number of nitrogens with zero attached hydrogens (tertiary/aromatic N) is 1. The SMILES string of the molecule is CCC[C@H](NC(=O)c1cccc(OCc2cccnc2)c1)C(=O)O. The van der Waals surface area contributed by atoms with Crippen molar-refractivity contribution in [3.05, 3.63) is 59.9 Å². The van der Waals surface area contributed by atoms with Gasteiger partial charge in [-0.25, -0.2) is 4.79 Å². The molecule has 2 aromatic rings. The number of ether oxygens (including phenoxy) is 1. The van der Waals surface area contributed by atoms with Crippen LogP contribution in [0.15, 0.2) is 48.8 Å². The molecule has 6 nitrogen and oxygen atoms in total. The van der Waals surface area contributed by atoms with E-state index in [1.54, 1.807) is 36.7 Å². The molecular weight excluding hydrogens is 308 g/mol. The summed E-state index contributed by atoms with van der Waals surface area (Å²) < 4.78 is 5.65. The highest BCUT2D eigenvalue weighted by molar-refractivity contribution is 5.96. The molecule has 1 aromatic carbocycles. The molecule has 2 N–H and O–H groups in total. The number of carbonyl (C=O) groups excluding carboxylic acids is 1. The highest BCUT2D eigenvalue weighted by Gasteiger charge is 2.19. The van der Waals surface area contributed by atoms with E-state index in [0.29, 0.717) is 30.8 Å². The van der Waals surface area contributed by atoms with Crippen LogP contribution in [0.2, 0.25) is 0 Å². The van der Waals surface area contributed by atoms with Crippen molar-refractivity contribution in [2.24, 2.45) is 0 Å². The van der Waals surface area contributed by atoms with Gasteiger partial charge in [0.25, 0.3) is 5.91 Å². The van der Waals surface area contributed by atoms with Gasteiger partial charge in [-0.2, -0.15) is 0 Å². The molecule has 1 amide bonds. The van der Waals surface area contributed by atoms with E-state index in [2.05, 4.69) is 10.3 Å². The molecule has 6 heteroatoms. The van der Waals surface area contributed by atoms with Crippen LogP contribution in [0.1, 0.15) is 35.7 Å². The zero-order chi connectivity index (χ0) is 17.4. The van der Waals surface area contributed by atoms with E-state index in [1.807, 2.05) is 19.1 Å². The lowest BCUT2D eigenvalue weighted by Gasteiger charge is -2.14. The fourth-order valence-electron chi connectivity index (χ4n) is 2.16. The molecule has 1 heterocycles. The quantitative estimate of drug-likeness (QED) is 0.778. The summed E-state index contributed by atoms with van der Waals surface area (Å²) in [7, 11) is 0. The summed E-state index contributed by atoms with van der Waals surface area (Å²) in [5.41, 5.74) is 1.28. The minimum atomic E-state index is -1.03. The summed E-state index contributed by atoms with van der Waals surface area (Å²) in [4.78, 5) is 27.4. The third-order valence-electron chi connectivity index (χ3n) is 3.41. The lowest BCUT2D eigenvalue weighted by atomic mass is 10.1. The molecule has 0 aliphatic rings. The van der Waals surface area contributed by atoms with Gasteiger partial charge in [-0.05, 0) is 30.7 Å². The van der Waals surface area contributed by atoms with E-state index < -0.39 is 17.9 Å². The van der Waals surface area contributed by atoms with Crippen LogP contribution in [-0.2, 0) is 11.4 Å². The largest absolute Gasteiger partial charge is 0.489 e. The molecule has 0 saturated carbocycles. The van der Waals surface area contributed by atoms with Crippen molar-refractivity contribution in [3.8, 4) is 5.75 Å². The van der Waals surface area contributed by atoms with Crippen LogP contribution in [0.5, 0.6) is 5.75 Å². The fraction of sp³-hybridized carbons (Fsp3) is 0.278. The van der Waals surface area contributed by atoms with E-state index in [1.165, 1.54) is 0 Å². The Labute approximate surface area is 140 Å². The number of benzene rings is 1. The summed E-state index contributed by atoms with van der Waals surface area (Å²) >= 11 is 0. The first-order chi connectivity index (χ1) is 11.6. The van der Waals surface area contributed by atoms with Crippen LogP contribution >= 0.6 is 0 Å². The van der Waals surface area contributed by atoms with Crippen molar-refractivity contribution < 1.29 is 19.4 Å². The van der Waals surface area contributed by atoms with Gasteiger partial charge in [0.05, 0.1) is 0 Å². The third kappa shape index (κ3) is 5.08. The summed E-state index contributed by atoms with van der Waals surface area (Å²) in [6.45, 7) is 2.21. The topological polar surface area (TPSA) is 88.5 Å². The molecule has 0 saturated heterocycles. The maximum atomic E-state index is 12.2. The van der Waals surface area contributed by atoms with Crippen LogP contribution in [0.3, 0.4) is 0 Å². The van der Waals surface area contributed by atoms with Gasteiger partial charge in [-0.1, -0.05) is 25.5 Å². The number of rotatable bonds is 8. The van der Waals surface area contributed by atoms with Crippen LogP contribution in [0.4, 0.5) is 0 Å². The van der Waals surface area contributed by atoms with E-state index in [0.717, 1.165) is 5.56 Å². The van der Waals surface area contributed by atoms with E-state index in [-0.39, 0.29) is 0 Å². The van der Waals surface area contributed by atoms with E-state index in [4.69, 9.17) is 9.84 Å².